The molecule has 0 radical (unpaired) electrons. The molecule has 0 aromatic heterocycles. The largest absolute Gasteiger partial charge is 0.416 e. The normalized spacial score (nSPS) is 14.4. The van der Waals surface area contributed by atoms with Crippen LogP contribution in [-0.2, 0) is 63.6 Å². The summed E-state index contributed by atoms with van der Waals surface area (Å²) in [5.74, 6) is 0.693. The molecule has 0 amide bonds. The third-order valence-corrected chi connectivity index (χ3v) is 12.7. The van der Waals surface area contributed by atoms with Gasteiger partial charge in [-0.2, -0.15) is 127 Å². The molecule has 388 valence electrons. The van der Waals surface area contributed by atoms with Crippen molar-refractivity contribution in [1.29, 1.82) is 0 Å². The first kappa shape index (κ1) is 57.9. The number of ketones is 1. The molecule has 71 heavy (non-hydrogen) atoms. The molecule has 5 aromatic rings. The minimum absolute atomic E-state index is 0.0278. The summed E-state index contributed by atoms with van der Waals surface area (Å²) in [6.45, 7) is 1.85. The average Bonchev–Trinajstić information content (AvgIpc) is 3.21. The van der Waals surface area contributed by atoms with Crippen molar-refractivity contribution in [3.63, 3.8) is 0 Å². The van der Waals surface area contributed by atoms with Crippen molar-refractivity contribution in [3.05, 3.63) is 153 Å². The Labute approximate surface area is 385 Å². The summed E-state index contributed by atoms with van der Waals surface area (Å²) in [4.78, 5) is 11.6. The molecule has 1 atom stereocenters. The van der Waals surface area contributed by atoms with E-state index in [1.807, 2.05) is 25.1 Å². The Morgan fingerprint density at radius 1 is 0.380 bits per heavy atom. The van der Waals surface area contributed by atoms with Gasteiger partial charge in [0, 0.05) is 5.56 Å². The molecule has 28 heteroatoms. The third-order valence-electron chi connectivity index (χ3n) is 10.6. The summed E-state index contributed by atoms with van der Waals surface area (Å²) in [7, 11) is -1.97. The minimum Gasteiger partial charge on any atom is -0.289 e. The molecule has 5 rings (SSSR count). The summed E-state index contributed by atoms with van der Waals surface area (Å²) in [6.07, 6.45) is -53.1. The molecule has 0 bridgehead atoms. The number of hydrogen-bond donors (Lipinski definition) is 0. The molecule has 0 aliphatic heterocycles. The Kier molecular flexibility index (Phi) is 15.8. The van der Waals surface area contributed by atoms with Gasteiger partial charge in [-0.1, -0.05) is 78.9 Å². The molecule has 0 spiro atoms. The van der Waals surface area contributed by atoms with Gasteiger partial charge in [-0.05, 0) is 31.2 Å². The summed E-state index contributed by atoms with van der Waals surface area (Å²) in [5, 5.41) is 0. The van der Waals surface area contributed by atoms with Crippen LogP contribution in [0.5, 0.6) is 0 Å². The maximum atomic E-state index is 14.2. The van der Waals surface area contributed by atoms with Crippen LogP contribution in [0, 0.1) is 0 Å². The number of benzene rings is 5. The lowest BCUT2D eigenvalue weighted by atomic mass is 9.12. The zero-order valence-electron chi connectivity index (χ0n) is 35.1. The van der Waals surface area contributed by atoms with Gasteiger partial charge in [0.15, 0.2) is 5.75 Å². The summed E-state index contributed by atoms with van der Waals surface area (Å²) in [6, 6.07) is 0.198. The maximum absolute atomic E-state index is 14.2. The van der Waals surface area contributed by atoms with Crippen LogP contribution in [0.4, 0.5) is 105 Å². The minimum atomic E-state index is -6.13. The Morgan fingerprint density at radius 3 is 0.746 bits per heavy atom. The predicted octanol–water partition coefficient (Wildman–Crippen LogP) is 13.2. The van der Waals surface area contributed by atoms with E-state index in [9.17, 15) is 114 Å². The van der Waals surface area contributed by atoms with Gasteiger partial charge >= 0.3 is 49.4 Å². The lowest BCUT2D eigenvalue weighted by molar-refractivity contribution is -0.144. The molecule has 2 nitrogen and oxygen atoms in total. The standard InChI is InChI=1S/C32H12BF24.C11H15O2S/c34-25(35,36)13-1-14(26(37,38)39)6-21(5-13)33(22-7-15(27(40,41)42)2-16(8-22)28(43,44)45,23-9-17(29(46,47)48)3-18(10-23)30(49,50)51)24-11-19(31(52,53)54)4-20(12-24)32(55,56)57;1-3-14(2,13)9-11(12)10-7-5-4-6-8-10/h1-12H;4-8H,3,9H2,1-2H3/q-1;+1. The Morgan fingerprint density at radius 2 is 0.577 bits per heavy atom. The van der Waals surface area contributed by atoms with E-state index in [0.29, 0.717) is 11.3 Å². The first-order valence-corrected chi connectivity index (χ1v) is 21.5. The lowest BCUT2D eigenvalue weighted by Crippen LogP contribution is -2.75. The SMILES string of the molecule is CC[S+](C)(=O)CC(=O)c1ccccc1.FC(F)(F)c1cc([B-](c2cc(C(F)(F)F)cc(C(F)(F)F)c2)(c2cc(C(F)(F)F)cc(C(F)(F)F)c2)c2cc(C(F)(F)F)cc(C(F)(F)F)c2)cc(C(F)(F)F)c1. The van der Waals surface area contributed by atoms with Crippen LogP contribution < -0.4 is 21.9 Å². The van der Waals surface area contributed by atoms with Gasteiger partial charge in [-0.3, -0.25) is 4.79 Å². The van der Waals surface area contributed by atoms with E-state index < -0.39 is 205 Å². The van der Waals surface area contributed by atoms with Gasteiger partial charge in [0.1, 0.15) is 18.2 Å². The predicted molar refractivity (Wildman–Crippen MR) is 210 cm³/mol. The summed E-state index contributed by atoms with van der Waals surface area (Å²) in [5.41, 5.74) is -29.6. The number of carbonyl (C=O) groups is 1. The van der Waals surface area contributed by atoms with Gasteiger partial charge in [-0.25, -0.2) is 0 Å². The van der Waals surface area contributed by atoms with E-state index in [-0.39, 0.29) is 11.5 Å². The Balaban J connectivity index is 0.000000671. The first-order valence-electron chi connectivity index (χ1n) is 19.2. The second kappa shape index (κ2) is 19.4. The monoisotopic (exact) mass is 1070 g/mol. The number of halogens is 24. The summed E-state index contributed by atoms with van der Waals surface area (Å²) < 4.78 is 353. The molecule has 0 aliphatic rings. The quantitative estimate of drug-likeness (QED) is 0.0672. The molecule has 0 N–H and O–H groups in total. The van der Waals surface area contributed by atoms with Crippen LogP contribution in [0.15, 0.2) is 103 Å². The smallest absolute Gasteiger partial charge is 0.289 e. The fourth-order valence-corrected chi connectivity index (χ4v) is 8.08. The highest BCUT2D eigenvalue weighted by Gasteiger charge is 2.47. The molecule has 0 saturated heterocycles. The zero-order chi connectivity index (χ0) is 54.5. The lowest BCUT2D eigenvalue weighted by Gasteiger charge is -2.46. The molecule has 0 aliphatic carbocycles. The van der Waals surface area contributed by atoms with Gasteiger partial charge < -0.3 is 0 Å². The molecule has 1 unspecified atom stereocenters. The highest BCUT2D eigenvalue weighted by Crippen LogP contribution is 2.41. The van der Waals surface area contributed by atoms with Crippen LogP contribution in [0.2, 0.25) is 0 Å². The van der Waals surface area contributed by atoms with Crippen LogP contribution >= 0.6 is 0 Å². The van der Waals surface area contributed by atoms with Crippen molar-refractivity contribution in [2.45, 2.75) is 56.3 Å². The number of Topliss-reactive ketones (excluding diaryl/α,β-unsaturated/α-hetero) is 1. The van der Waals surface area contributed by atoms with Crippen molar-refractivity contribution in [2.75, 3.05) is 17.8 Å². The molecule has 0 fully saturated rings. The number of hydrogen-bond acceptors (Lipinski definition) is 2. The summed E-state index contributed by atoms with van der Waals surface area (Å²) >= 11 is 0. The number of carbonyl (C=O) groups excluding carboxylic acids is 1. The van der Waals surface area contributed by atoms with Crippen LogP contribution in [-0.4, -0.2) is 29.7 Å². The van der Waals surface area contributed by atoms with Crippen LogP contribution in [0.3, 0.4) is 0 Å². The van der Waals surface area contributed by atoms with Gasteiger partial charge in [0.05, 0.1) is 54.4 Å². The fraction of sp³-hybridized carbons (Fsp3) is 0.279. The van der Waals surface area contributed by atoms with Crippen LogP contribution in [0.1, 0.15) is 61.8 Å². The Hall–Kier alpha value is -5.70. The van der Waals surface area contributed by atoms with Crippen molar-refractivity contribution in [1.82, 2.24) is 0 Å². The van der Waals surface area contributed by atoms with E-state index in [4.69, 9.17) is 0 Å². The molecular weight excluding hydrogens is 1050 g/mol. The van der Waals surface area contributed by atoms with Gasteiger partial charge in [0.2, 0.25) is 5.78 Å². The maximum Gasteiger partial charge on any atom is 0.416 e. The fourth-order valence-electron chi connectivity index (χ4n) is 7.16. The second-order valence-electron chi connectivity index (χ2n) is 15.6. The number of alkyl halides is 24. The highest BCUT2D eigenvalue weighted by molar-refractivity contribution is 8.02. The Bertz CT molecular complexity index is 2340. The van der Waals surface area contributed by atoms with Crippen molar-refractivity contribution >= 4 is 43.7 Å². The van der Waals surface area contributed by atoms with Crippen molar-refractivity contribution < 1.29 is 114 Å². The molecule has 0 heterocycles. The highest BCUT2D eigenvalue weighted by atomic mass is 32.2. The van der Waals surface area contributed by atoms with Gasteiger partial charge in [-0.15, -0.1) is 4.21 Å². The molecular formula is C43H27BF24O2S. The van der Waals surface area contributed by atoms with E-state index in [1.165, 1.54) is 0 Å². The van der Waals surface area contributed by atoms with E-state index in [2.05, 4.69) is 0 Å². The van der Waals surface area contributed by atoms with Crippen LogP contribution in [0.25, 0.3) is 0 Å². The second-order valence-corrected chi connectivity index (χ2v) is 18.9. The topological polar surface area (TPSA) is 34.1 Å². The van der Waals surface area contributed by atoms with E-state index in [0.717, 1.165) is 0 Å². The molecule has 0 saturated carbocycles. The van der Waals surface area contributed by atoms with Gasteiger partial charge in [0.25, 0.3) is 0 Å². The zero-order valence-corrected chi connectivity index (χ0v) is 35.9. The number of rotatable bonds is 8. The third kappa shape index (κ3) is 13.8. The van der Waals surface area contributed by atoms with E-state index in [1.54, 1.807) is 18.4 Å². The first-order chi connectivity index (χ1) is 31.8. The van der Waals surface area contributed by atoms with E-state index >= 15 is 0 Å². The van der Waals surface area contributed by atoms with Crippen molar-refractivity contribution in [3.8, 4) is 0 Å². The average molecular weight is 1070 g/mol. The van der Waals surface area contributed by atoms with Crippen molar-refractivity contribution in [2.24, 2.45) is 0 Å². The molecule has 5 aromatic carbocycles.